The highest BCUT2D eigenvalue weighted by atomic mass is 16.7. The number of rotatable bonds is 3. The zero-order chi connectivity index (χ0) is 16.8. The molecule has 0 aliphatic carbocycles. The van der Waals surface area contributed by atoms with Crippen LogP contribution in [0.5, 0.6) is 23.0 Å². The van der Waals surface area contributed by atoms with Gasteiger partial charge in [-0.15, -0.1) is 0 Å². The van der Waals surface area contributed by atoms with Crippen molar-refractivity contribution in [3.63, 3.8) is 0 Å². The van der Waals surface area contributed by atoms with Crippen LogP contribution in [-0.2, 0) is 4.74 Å². The van der Waals surface area contributed by atoms with E-state index < -0.39 is 0 Å². The Morgan fingerprint density at radius 1 is 0.840 bits per heavy atom. The van der Waals surface area contributed by atoms with E-state index in [0.717, 1.165) is 17.1 Å². The summed E-state index contributed by atoms with van der Waals surface area (Å²) >= 11 is 0. The van der Waals surface area contributed by atoms with Gasteiger partial charge in [0.05, 0.1) is 12.7 Å². The standard InChI is InChI=1S/C19H16O6/c20-19(12-2-4-15-18(6-12)25-10-23-15)13-7-16(21-8-13)11-1-3-14-17(5-11)24-9-22-14/h1-6,13,16H,7-10H2/t13-,16+/m1/s1. The average Bonchev–Trinajstić information content (AvgIpc) is 3.39. The van der Waals surface area contributed by atoms with E-state index >= 15 is 0 Å². The first-order chi connectivity index (χ1) is 12.3. The van der Waals surface area contributed by atoms with Crippen LogP contribution in [0.25, 0.3) is 0 Å². The molecule has 2 aromatic rings. The van der Waals surface area contributed by atoms with Crippen molar-refractivity contribution >= 4 is 5.78 Å². The van der Waals surface area contributed by atoms with Crippen LogP contribution in [0.4, 0.5) is 0 Å². The summed E-state index contributed by atoms with van der Waals surface area (Å²) < 4.78 is 27.3. The summed E-state index contributed by atoms with van der Waals surface area (Å²) in [5.74, 6) is 2.67. The summed E-state index contributed by atoms with van der Waals surface area (Å²) in [5.41, 5.74) is 1.63. The lowest BCUT2D eigenvalue weighted by Crippen LogP contribution is -2.14. The number of carbonyl (C=O) groups is 1. The second-order valence-corrected chi connectivity index (χ2v) is 6.30. The summed E-state index contributed by atoms with van der Waals surface area (Å²) in [6.07, 6.45) is 0.532. The van der Waals surface area contributed by atoms with Gasteiger partial charge in [0.1, 0.15) is 0 Å². The molecular weight excluding hydrogens is 324 g/mol. The summed E-state index contributed by atoms with van der Waals surface area (Å²) in [6, 6.07) is 11.1. The molecule has 25 heavy (non-hydrogen) atoms. The second kappa shape index (κ2) is 5.67. The van der Waals surface area contributed by atoms with Gasteiger partial charge >= 0.3 is 0 Å². The Balaban J connectivity index is 1.32. The molecule has 0 spiro atoms. The molecule has 128 valence electrons. The smallest absolute Gasteiger partial charge is 0.231 e. The van der Waals surface area contributed by atoms with Crippen LogP contribution in [0.15, 0.2) is 36.4 Å². The number of ether oxygens (including phenoxy) is 5. The van der Waals surface area contributed by atoms with Gasteiger partial charge in [0.15, 0.2) is 28.8 Å². The number of benzene rings is 2. The molecule has 0 saturated carbocycles. The molecule has 3 aliphatic heterocycles. The van der Waals surface area contributed by atoms with Gasteiger partial charge in [0, 0.05) is 11.5 Å². The van der Waals surface area contributed by atoms with E-state index in [-0.39, 0.29) is 31.4 Å². The van der Waals surface area contributed by atoms with E-state index in [1.54, 1.807) is 18.2 Å². The van der Waals surface area contributed by atoms with E-state index in [9.17, 15) is 4.79 Å². The van der Waals surface area contributed by atoms with Crippen LogP contribution < -0.4 is 18.9 Å². The van der Waals surface area contributed by atoms with Crippen LogP contribution in [0, 0.1) is 5.92 Å². The Kier molecular flexibility index (Phi) is 3.31. The molecule has 3 heterocycles. The minimum atomic E-state index is -0.171. The first-order valence-electron chi connectivity index (χ1n) is 8.23. The fourth-order valence-electron chi connectivity index (χ4n) is 3.44. The third-order valence-corrected chi connectivity index (χ3v) is 4.79. The zero-order valence-corrected chi connectivity index (χ0v) is 13.4. The van der Waals surface area contributed by atoms with E-state index in [0.29, 0.717) is 30.1 Å². The molecule has 3 aliphatic rings. The number of hydrogen-bond acceptors (Lipinski definition) is 6. The van der Waals surface area contributed by atoms with Crippen molar-refractivity contribution in [1.29, 1.82) is 0 Å². The van der Waals surface area contributed by atoms with Gasteiger partial charge in [-0.2, -0.15) is 0 Å². The lowest BCUT2D eigenvalue weighted by Gasteiger charge is -2.11. The topological polar surface area (TPSA) is 63.2 Å². The van der Waals surface area contributed by atoms with Crippen LogP contribution in [0.1, 0.15) is 28.4 Å². The quantitative estimate of drug-likeness (QED) is 0.800. The number of ketones is 1. The molecular formula is C19H16O6. The first kappa shape index (κ1) is 14.6. The third kappa shape index (κ3) is 2.49. The molecule has 0 unspecified atom stereocenters. The zero-order valence-electron chi connectivity index (χ0n) is 13.4. The fraction of sp³-hybridized carbons (Fsp3) is 0.316. The van der Waals surface area contributed by atoms with Crippen molar-refractivity contribution in [3.8, 4) is 23.0 Å². The Morgan fingerprint density at radius 2 is 1.52 bits per heavy atom. The van der Waals surface area contributed by atoms with Gasteiger partial charge in [-0.05, 0) is 42.3 Å². The molecule has 0 aromatic heterocycles. The molecule has 1 saturated heterocycles. The molecule has 1 fully saturated rings. The maximum atomic E-state index is 12.8. The number of hydrogen-bond donors (Lipinski definition) is 0. The largest absolute Gasteiger partial charge is 0.454 e. The Morgan fingerprint density at radius 3 is 2.32 bits per heavy atom. The van der Waals surface area contributed by atoms with E-state index in [1.807, 2.05) is 18.2 Å². The highest BCUT2D eigenvalue weighted by Gasteiger charge is 2.33. The van der Waals surface area contributed by atoms with Gasteiger partial charge in [0.25, 0.3) is 0 Å². The maximum Gasteiger partial charge on any atom is 0.231 e. The maximum absolute atomic E-state index is 12.8. The summed E-state index contributed by atoms with van der Waals surface area (Å²) in [5, 5.41) is 0. The van der Waals surface area contributed by atoms with Crippen molar-refractivity contribution in [2.45, 2.75) is 12.5 Å². The summed E-state index contributed by atoms with van der Waals surface area (Å²) in [7, 11) is 0. The van der Waals surface area contributed by atoms with Crippen LogP contribution in [-0.4, -0.2) is 26.0 Å². The van der Waals surface area contributed by atoms with Crippen LogP contribution >= 0.6 is 0 Å². The molecule has 2 atom stereocenters. The molecule has 6 nitrogen and oxygen atoms in total. The minimum absolute atomic E-state index is 0.0709. The lowest BCUT2D eigenvalue weighted by molar-refractivity contribution is 0.0859. The SMILES string of the molecule is O=C(c1ccc2c(c1)OCO2)[C@H]1CO[C@H](c2ccc3c(c2)OCO3)C1. The summed E-state index contributed by atoms with van der Waals surface area (Å²) in [4.78, 5) is 12.8. The van der Waals surface area contributed by atoms with Crippen molar-refractivity contribution in [3.05, 3.63) is 47.5 Å². The van der Waals surface area contributed by atoms with Gasteiger partial charge in [-0.25, -0.2) is 0 Å². The highest BCUT2D eigenvalue weighted by Crippen LogP contribution is 2.40. The second-order valence-electron chi connectivity index (χ2n) is 6.30. The fourth-order valence-corrected chi connectivity index (χ4v) is 3.44. The number of carbonyl (C=O) groups excluding carboxylic acids is 1. The van der Waals surface area contributed by atoms with Gasteiger partial charge in [-0.3, -0.25) is 4.79 Å². The van der Waals surface area contributed by atoms with Gasteiger partial charge < -0.3 is 23.7 Å². The molecule has 2 aromatic carbocycles. The molecule has 6 heteroatoms. The van der Waals surface area contributed by atoms with E-state index in [2.05, 4.69) is 0 Å². The highest BCUT2D eigenvalue weighted by molar-refractivity contribution is 5.98. The minimum Gasteiger partial charge on any atom is -0.454 e. The predicted molar refractivity (Wildman–Crippen MR) is 86.3 cm³/mol. The Labute approximate surface area is 144 Å². The van der Waals surface area contributed by atoms with Crippen molar-refractivity contribution < 1.29 is 28.5 Å². The van der Waals surface area contributed by atoms with E-state index in [4.69, 9.17) is 23.7 Å². The van der Waals surface area contributed by atoms with Crippen molar-refractivity contribution in [2.24, 2.45) is 5.92 Å². The molecule has 0 bridgehead atoms. The van der Waals surface area contributed by atoms with Crippen molar-refractivity contribution in [1.82, 2.24) is 0 Å². The number of Topliss-reactive ketones (excluding diaryl/α,β-unsaturated/α-hetero) is 1. The lowest BCUT2D eigenvalue weighted by atomic mass is 9.93. The Hall–Kier alpha value is -2.73. The normalized spacial score (nSPS) is 23.0. The molecule has 0 radical (unpaired) electrons. The summed E-state index contributed by atoms with van der Waals surface area (Å²) in [6.45, 7) is 0.855. The Bertz CT molecular complexity index is 846. The molecule has 0 amide bonds. The van der Waals surface area contributed by atoms with Gasteiger partial charge in [0.2, 0.25) is 13.6 Å². The first-order valence-corrected chi connectivity index (χ1v) is 8.23. The molecule has 5 rings (SSSR count). The van der Waals surface area contributed by atoms with Gasteiger partial charge in [-0.1, -0.05) is 6.07 Å². The average molecular weight is 340 g/mol. The van der Waals surface area contributed by atoms with Crippen LogP contribution in [0.3, 0.4) is 0 Å². The van der Waals surface area contributed by atoms with Crippen LogP contribution in [0.2, 0.25) is 0 Å². The van der Waals surface area contributed by atoms with E-state index in [1.165, 1.54) is 0 Å². The monoisotopic (exact) mass is 340 g/mol. The third-order valence-electron chi connectivity index (χ3n) is 4.79. The molecule has 0 N–H and O–H groups in total. The number of fused-ring (bicyclic) bond motifs is 2. The predicted octanol–water partition coefficient (Wildman–Crippen LogP) is 3.10. The van der Waals surface area contributed by atoms with Crippen molar-refractivity contribution in [2.75, 3.05) is 20.2 Å².